The number of fused-ring (bicyclic) bond motifs is 1. The average Bonchev–Trinajstić information content (AvgIpc) is 2.75. The van der Waals surface area contributed by atoms with Crippen molar-refractivity contribution in [3.05, 3.63) is 53.1 Å². The van der Waals surface area contributed by atoms with E-state index >= 15 is 0 Å². The SMILES string of the molecule is COc1ccc(CNC(=O)[C@@H](C)N2CCc3cc(OC)c(OC)cc3C2)cc1. The minimum absolute atomic E-state index is 0.0275. The fraction of sp³-hybridized carbons (Fsp3) is 0.409. The van der Waals surface area contributed by atoms with Crippen molar-refractivity contribution >= 4 is 5.91 Å². The molecular weight excluding hydrogens is 356 g/mol. The summed E-state index contributed by atoms with van der Waals surface area (Å²) in [7, 11) is 4.93. The van der Waals surface area contributed by atoms with Gasteiger partial charge in [-0.05, 0) is 54.3 Å². The highest BCUT2D eigenvalue weighted by Gasteiger charge is 2.26. The zero-order chi connectivity index (χ0) is 20.1. The van der Waals surface area contributed by atoms with E-state index in [2.05, 4.69) is 10.2 Å². The van der Waals surface area contributed by atoms with Crippen LogP contribution in [0.15, 0.2) is 36.4 Å². The van der Waals surface area contributed by atoms with Gasteiger partial charge < -0.3 is 19.5 Å². The van der Waals surface area contributed by atoms with Gasteiger partial charge >= 0.3 is 0 Å². The van der Waals surface area contributed by atoms with Gasteiger partial charge in [0.05, 0.1) is 27.4 Å². The highest BCUT2D eigenvalue weighted by atomic mass is 16.5. The van der Waals surface area contributed by atoms with Gasteiger partial charge in [0, 0.05) is 19.6 Å². The van der Waals surface area contributed by atoms with E-state index in [9.17, 15) is 4.79 Å². The van der Waals surface area contributed by atoms with Crippen molar-refractivity contribution in [2.24, 2.45) is 0 Å². The quantitative estimate of drug-likeness (QED) is 0.795. The van der Waals surface area contributed by atoms with Gasteiger partial charge in [0.1, 0.15) is 5.75 Å². The van der Waals surface area contributed by atoms with Crippen LogP contribution in [0.5, 0.6) is 17.2 Å². The molecule has 0 spiro atoms. The lowest BCUT2D eigenvalue weighted by Gasteiger charge is -2.33. The highest BCUT2D eigenvalue weighted by Crippen LogP contribution is 2.33. The fourth-order valence-electron chi connectivity index (χ4n) is 3.48. The minimum Gasteiger partial charge on any atom is -0.497 e. The Morgan fingerprint density at radius 1 is 1.04 bits per heavy atom. The van der Waals surface area contributed by atoms with Crippen molar-refractivity contribution in [1.29, 1.82) is 0 Å². The Morgan fingerprint density at radius 3 is 2.29 bits per heavy atom. The maximum Gasteiger partial charge on any atom is 0.237 e. The molecule has 0 unspecified atom stereocenters. The van der Waals surface area contributed by atoms with E-state index in [0.717, 1.165) is 35.8 Å². The first-order valence-corrected chi connectivity index (χ1v) is 9.44. The Morgan fingerprint density at radius 2 is 1.68 bits per heavy atom. The number of benzene rings is 2. The van der Waals surface area contributed by atoms with E-state index in [1.165, 1.54) is 11.1 Å². The molecule has 150 valence electrons. The third-order valence-corrected chi connectivity index (χ3v) is 5.30. The number of rotatable bonds is 7. The number of hydrogen-bond acceptors (Lipinski definition) is 5. The summed E-state index contributed by atoms with van der Waals surface area (Å²) in [5, 5.41) is 3.03. The molecule has 6 heteroatoms. The second-order valence-electron chi connectivity index (χ2n) is 6.94. The number of hydrogen-bond donors (Lipinski definition) is 1. The van der Waals surface area contributed by atoms with Crippen LogP contribution in [-0.4, -0.2) is 44.7 Å². The average molecular weight is 384 g/mol. The summed E-state index contributed by atoms with van der Waals surface area (Å²) >= 11 is 0. The molecule has 0 radical (unpaired) electrons. The second-order valence-corrected chi connectivity index (χ2v) is 6.94. The summed E-state index contributed by atoms with van der Waals surface area (Å²) in [5.41, 5.74) is 3.47. The standard InChI is InChI=1S/C22H28N2O4/c1-15(22(25)23-13-16-5-7-19(26-2)8-6-16)24-10-9-17-11-20(27-3)21(28-4)12-18(17)14-24/h5-8,11-12,15H,9-10,13-14H2,1-4H3,(H,23,25)/t15-/m1/s1. The van der Waals surface area contributed by atoms with E-state index < -0.39 is 0 Å². The molecule has 1 heterocycles. The molecule has 3 rings (SSSR count). The molecule has 0 aliphatic carbocycles. The second kappa shape index (κ2) is 8.97. The van der Waals surface area contributed by atoms with Gasteiger partial charge in [-0.15, -0.1) is 0 Å². The summed E-state index contributed by atoms with van der Waals surface area (Å²) in [5.74, 6) is 2.31. The topological polar surface area (TPSA) is 60.0 Å². The van der Waals surface area contributed by atoms with Gasteiger partial charge in [-0.25, -0.2) is 0 Å². The Balaban J connectivity index is 1.61. The van der Waals surface area contributed by atoms with Crippen molar-refractivity contribution in [3.63, 3.8) is 0 Å². The van der Waals surface area contributed by atoms with E-state index in [1.807, 2.05) is 43.3 Å². The van der Waals surface area contributed by atoms with Crippen LogP contribution < -0.4 is 19.5 Å². The van der Waals surface area contributed by atoms with Gasteiger partial charge in [-0.1, -0.05) is 12.1 Å². The summed E-state index contributed by atoms with van der Waals surface area (Å²) in [6.07, 6.45) is 0.881. The lowest BCUT2D eigenvalue weighted by Crippen LogP contribution is -2.46. The van der Waals surface area contributed by atoms with Gasteiger partial charge in [0.15, 0.2) is 11.5 Å². The van der Waals surface area contributed by atoms with Crippen LogP contribution in [-0.2, 0) is 24.3 Å². The summed E-state index contributed by atoms with van der Waals surface area (Å²) in [6, 6.07) is 11.6. The molecule has 1 atom stereocenters. The molecule has 1 N–H and O–H groups in total. The lowest BCUT2D eigenvalue weighted by atomic mass is 9.97. The van der Waals surface area contributed by atoms with Gasteiger partial charge in [0.25, 0.3) is 0 Å². The first kappa shape index (κ1) is 20.0. The molecule has 0 saturated heterocycles. The molecule has 0 fully saturated rings. The van der Waals surface area contributed by atoms with Crippen LogP contribution in [0.2, 0.25) is 0 Å². The number of methoxy groups -OCH3 is 3. The van der Waals surface area contributed by atoms with Gasteiger partial charge in [0.2, 0.25) is 5.91 Å². The number of nitrogens with one attached hydrogen (secondary N) is 1. The van der Waals surface area contributed by atoms with Crippen molar-refractivity contribution in [1.82, 2.24) is 10.2 Å². The van der Waals surface area contributed by atoms with E-state index in [-0.39, 0.29) is 11.9 Å². The first-order chi connectivity index (χ1) is 13.5. The van der Waals surface area contributed by atoms with Crippen molar-refractivity contribution in [2.45, 2.75) is 32.5 Å². The Hall–Kier alpha value is -2.73. The fourth-order valence-corrected chi connectivity index (χ4v) is 3.48. The smallest absolute Gasteiger partial charge is 0.237 e. The van der Waals surface area contributed by atoms with Crippen molar-refractivity contribution < 1.29 is 19.0 Å². The molecule has 0 saturated carbocycles. The predicted molar refractivity (Wildman–Crippen MR) is 108 cm³/mol. The van der Waals surface area contributed by atoms with Crippen LogP contribution in [0, 0.1) is 0 Å². The first-order valence-electron chi connectivity index (χ1n) is 9.44. The Kier molecular flexibility index (Phi) is 6.41. The minimum atomic E-state index is -0.209. The number of amides is 1. The molecule has 2 aromatic carbocycles. The molecule has 6 nitrogen and oxygen atoms in total. The van der Waals surface area contributed by atoms with Crippen LogP contribution >= 0.6 is 0 Å². The van der Waals surface area contributed by atoms with Crippen LogP contribution in [0.1, 0.15) is 23.6 Å². The van der Waals surface area contributed by atoms with E-state index in [1.54, 1.807) is 21.3 Å². The largest absolute Gasteiger partial charge is 0.497 e. The number of carbonyl (C=O) groups is 1. The third-order valence-electron chi connectivity index (χ3n) is 5.30. The predicted octanol–water partition coefficient (Wildman–Crippen LogP) is 2.78. The van der Waals surface area contributed by atoms with E-state index in [4.69, 9.17) is 14.2 Å². The molecule has 0 aromatic heterocycles. The number of carbonyl (C=O) groups excluding carboxylic acids is 1. The molecule has 0 bridgehead atoms. The summed E-state index contributed by atoms with van der Waals surface area (Å²) in [6.45, 7) is 4.00. The molecule has 2 aromatic rings. The zero-order valence-corrected chi connectivity index (χ0v) is 17.0. The number of nitrogens with zero attached hydrogens (tertiary/aromatic N) is 1. The molecule has 1 amide bonds. The maximum atomic E-state index is 12.7. The lowest BCUT2D eigenvalue weighted by molar-refractivity contribution is -0.126. The number of ether oxygens (including phenoxy) is 3. The highest BCUT2D eigenvalue weighted by molar-refractivity contribution is 5.81. The molecule has 1 aliphatic rings. The van der Waals surface area contributed by atoms with Crippen molar-refractivity contribution in [2.75, 3.05) is 27.9 Å². The molecule has 1 aliphatic heterocycles. The van der Waals surface area contributed by atoms with Gasteiger partial charge in [-0.2, -0.15) is 0 Å². The molecule has 28 heavy (non-hydrogen) atoms. The van der Waals surface area contributed by atoms with Crippen molar-refractivity contribution in [3.8, 4) is 17.2 Å². The van der Waals surface area contributed by atoms with E-state index in [0.29, 0.717) is 13.1 Å². The van der Waals surface area contributed by atoms with Crippen LogP contribution in [0.4, 0.5) is 0 Å². The molecular formula is C22H28N2O4. The Labute approximate surface area is 166 Å². The monoisotopic (exact) mass is 384 g/mol. The normalized spacial score (nSPS) is 14.7. The summed E-state index contributed by atoms with van der Waals surface area (Å²) in [4.78, 5) is 14.8. The zero-order valence-electron chi connectivity index (χ0n) is 17.0. The summed E-state index contributed by atoms with van der Waals surface area (Å²) < 4.78 is 16.0. The van der Waals surface area contributed by atoms with Crippen LogP contribution in [0.3, 0.4) is 0 Å². The third kappa shape index (κ3) is 4.39. The maximum absolute atomic E-state index is 12.7. The van der Waals surface area contributed by atoms with Crippen LogP contribution in [0.25, 0.3) is 0 Å². The Bertz CT molecular complexity index is 820. The van der Waals surface area contributed by atoms with Gasteiger partial charge in [-0.3, -0.25) is 9.69 Å².